The summed E-state index contributed by atoms with van der Waals surface area (Å²) in [5.74, 6) is 0.802. The quantitative estimate of drug-likeness (QED) is 0.532. The minimum atomic E-state index is -0.146. The second-order valence-corrected chi connectivity index (χ2v) is 9.29. The molecule has 158 valence electrons. The average Bonchev–Trinajstić information content (AvgIpc) is 2.73. The number of nitrogens with one attached hydrogen (secondary N) is 1. The van der Waals surface area contributed by atoms with Gasteiger partial charge in [-0.05, 0) is 58.9 Å². The van der Waals surface area contributed by atoms with Crippen LogP contribution in [0.4, 0.5) is 5.69 Å². The van der Waals surface area contributed by atoms with Gasteiger partial charge in [-0.15, -0.1) is 0 Å². The van der Waals surface area contributed by atoms with Gasteiger partial charge < -0.3 is 15.2 Å². The number of ether oxygens (including phenoxy) is 1. The molecule has 0 fully saturated rings. The molecule has 3 aromatic carbocycles. The van der Waals surface area contributed by atoms with Crippen molar-refractivity contribution in [3.63, 3.8) is 0 Å². The number of phenolic OH excluding ortho intramolecular Hbond substituents is 1. The van der Waals surface area contributed by atoms with Gasteiger partial charge in [0.1, 0.15) is 0 Å². The van der Waals surface area contributed by atoms with Crippen molar-refractivity contribution >= 4 is 27.8 Å². The number of carbonyl (C=O) groups is 1. The minimum absolute atomic E-state index is 0.0996. The van der Waals surface area contributed by atoms with Gasteiger partial charge in [-0.2, -0.15) is 0 Å². The van der Waals surface area contributed by atoms with Crippen LogP contribution in [0.2, 0.25) is 0 Å². The standard InChI is InChI=1S/C27H27NO3/c1-4-31-23-13-17(10-12-21(23)29)26-19-14-27(2,3)15-22(30)25(19)24-18-8-6-5-7-16(18)9-11-20(24)28-26/h5-13,26,28-29H,4,14-15H2,1-3H3/t26-/m0/s1. The maximum atomic E-state index is 13.5. The number of hydrogen-bond donors (Lipinski definition) is 2. The second kappa shape index (κ2) is 7.16. The van der Waals surface area contributed by atoms with Gasteiger partial charge in [-0.25, -0.2) is 0 Å². The Bertz CT molecular complexity index is 1240. The highest BCUT2D eigenvalue weighted by Gasteiger charge is 2.40. The molecule has 2 N–H and O–H groups in total. The zero-order valence-electron chi connectivity index (χ0n) is 18.2. The fraction of sp³-hybridized carbons (Fsp3) is 0.296. The molecule has 3 aromatic rings. The van der Waals surface area contributed by atoms with Crippen LogP contribution < -0.4 is 10.1 Å². The summed E-state index contributed by atoms with van der Waals surface area (Å²) < 4.78 is 5.63. The van der Waals surface area contributed by atoms with E-state index in [2.05, 4.69) is 43.4 Å². The van der Waals surface area contributed by atoms with Crippen molar-refractivity contribution in [3.05, 3.63) is 71.3 Å². The van der Waals surface area contributed by atoms with E-state index in [4.69, 9.17) is 4.74 Å². The highest BCUT2D eigenvalue weighted by molar-refractivity contribution is 6.28. The van der Waals surface area contributed by atoms with Gasteiger partial charge in [-0.3, -0.25) is 4.79 Å². The van der Waals surface area contributed by atoms with E-state index < -0.39 is 0 Å². The summed E-state index contributed by atoms with van der Waals surface area (Å²) in [6, 6.07) is 17.8. The largest absolute Gasteiger partial charge is 0.504 e. The Balaban J connectivity index is 1.75. The molecule has 1 aliphatic heterocycles. The van der Waals surface area contributed by atoms with Crippen molar-refractivity contribution in [1.82, 2.24) is 0 Å². The van der Waals surface area contributed by atoms with E-state index in [0.717, 1.165) is 45.2 Å². The van der Waals surface area contributed by atoms with Gasteiger partial charge in [0.05, 0.1) is 12.6 Å². The molecule has 0 saturated heterocycles. The topological polar surface area (TPSA) is 58.6 Å². The second-order valence-electron chi connectivity index (χ2n) is 9.29. The summed E-state index contributed by atoms with van der Waals surface area (Å²) in [6.45, 7) is 6.69. The van der Waals surface area contributed by atoms with Crippen LogP contribution in [-0.4, -0.2) is 17.5 Å². The van der Waals surface area contributed by atoms with Gasteiger partial charge in [-0.1, -0.05) is 50.2 Å². The molecule has 4 heteroatoms. The molecule has 0 radical (unpaired) electrons. The first kappa shape index (κ1) is 19.7. The number of carbonyl (C=O) groups excluding carboxylic acids is 1. The summed E-state index contributed by atoms with van der Waals surface area (Å²) in [4.78, 5) is 13.5. The zero-order valence-corrected chi connectivity index (χ0v) is 18.2. The van der Waals surface area contributed by atoms with Gasteiger partial charge >= 0.3 is 0 Å². The number of rotatable bonds is 3. The molecule has 0 saturated carbocycles. The lowest BCUT2D eigenvalue weighted by Gasteiger charge is -2.40. The normalized spacial score (nSPS) is 19.6. The fourth-order valence-electron chi connectivity index (χ4n) is 5.08. The summed E-state index contributed by atoms with van der Waals surface area (Å²) >= 11 is 0. The smallest absolute Gasteiger partial charge is 0.164 e. The van der Waals surface area contributed by atoms with Gasteiger partial charge in [0.15, 0.2) is 17.3 Å². The van der Waals surface area contributed by atoms with Gasteiger partial charge in [0.2, 0.25) is 0 Å². The van der Waals surface area contributed by atoms with Crippen molar-refractivity contribution in [3.8, 4) is 11.5 Å². The van der Waals surface area contributed by atoms with Crippen molar-refractivity contribution in [2.75, 3.05) is 11.9 Å². The molecular weight excluding hydrogens is 386 g/mol. The molecule has 1 heterocycles. The third kappa shape index (κ3) is 3.27. The molecule has 0 bridgehead atoms. The number of ketones is 1. The third-order valence-electron chi connectivity index (χ3n) is 6.35. The van der Waals surface area contributed by atoms with Gasteiger partial charge in [0, 0.05) is 23.2 Å². The summed E-state index contributed by atoms with van der Waals surface area (Å²) in [7, 11) is 0. The predicted octanol–water partition coefficient (Wildman–Crippen LogP) is 6.25. The molecule has 2 aliphatic rings. The highest BCUT2D eigenvalue weighted by Crippen LogP contribution is 2.52. The molecule has 0 spiro atoms. The van der Waals surface area contributed by atoms with Crippen LogP contribution in [0.5, 0.6) is 11.5 Å². The molecule has 0 unspecified atom stereocenters. The number of fused-ring (bicyclic) bond motifs is 4. The minimum Gasteiger partial charge on any atom is -0.504 e. The first-order chi connectivity index (χ1) is 14.9. The van der Waals surface area contributed by atoms with Crippen LogP contribution in [0.15, 0.2) is 60.2 Å². The maximum Gasteiger partial charge on any atom is 0.164 e. The van der Waals surface area contributed by atoms with Crippen LogP contribution in [0.25, 0.3) is 16.3 Å². The Labute approximate surface area is 182 Å². The molecule has 0 aromatic heterocycles. The Morgan fingerprint density at radius 3 is 2.71 bits per heavy atom. The number of hydrogen-bond acceptors (Lipinski definition) is 4. The molecule has 1 atom stereocenters. The lowest BCUT2D eigenvalue weighted by molar-refractivity contribution is -0.116. The van der Waals surface area contributed by atoms with E-state index in [0.29, 0.717) is 18.8 Å². The molecule has 5 rings (SSSR count). The SMILES string of the molecule is CCOc1cc([C@@H]2Nc3ccc4ccccc4c3C3=C2CC(C)(C)CC3=O)ccc1O. The number of allylic oxidation sites excluding steroid dienone is 1. The van der Waals surface area contributed by atoms with Crippen LogP contribution in [0, 0.1) is 5.41 Å². The Kier molecular flexibility index (Phi) is 4.54. The van der Waals surface area contributed by atoms with Crippen molar-refractivity contribution in [2.45, 2.75) is 39.7 Å². The summed E-state index contributed by atoms with van der Waals surface area (Å²) in [6.07, 6.45) is 1.38. The Hall–Kier alpha value is -3.27. The van der Waals surface area contributed by atoms with E-state index in [9.17, 15) is 9.90 Å². The third-order valence-corrected chi connectivity index (χ3v) is 6.35. The lowest BCUT2D eigenvalue weighted by atomic mass is 9.68. The van der Waals surface area contributed by atoms with E-state index >= 15 is 0 Å². The molecule has 0 amide bonds. The Morgan fingerprint density at radius 1 is 1.10 bits per heavy atom. The Morgan fingerprint density at radius 2 is 1.90 bits per heavy atom. The average molecular weight is 414 g/mol. The number of Topliss-reactive ketones (excluding diaryl/α,β-unsaturated/α-hetero) is 1. The monoisotopic (exact) mass is 413 g/mol. The molecule has 4 nitrogen and oxygen atoms in total. The van der Waals surface area contributed by atoms with Crippen molar-refractivity contribution in [1.29, 1.82) is 0 Å². The molecular formula is C27H27NO3. The number of benzene rings is 3. The molecule has 1 aliphatic carbocycles. The maximum absolute atomic E-state index is 13.5. The number of anilines is 1. The van der Waals surface area contributed by atoms with Crippen molar-refractivity contribution in [2.24, 2.45) is 5.41 Å². The lowest BCUT2D eigenvalue weighted by Crippen LogP contribution is -2.32. The van der Waals surface area contributed by atoms with Crippen LogP contribution >= 0.6 is 0 Å². The van der Waals surface area contributed by atoms with Gasteiger partial charge in [0.25, 0.3) is 0 Å². The van der Waals surface area contributed by atoms with Crippen LogP contribution in [0.3, 0.4) is 0 Å². The van der Waals surface area contributed by atoms with E-state index in [-0.39, 0.29) is 23.0 Å². The summed E-state index contributed by atoms with van der Waals surface area (Å²) in [5.41, 5.74) is 4.87. The van der Waals surface area contributed by atoms with E-state index in [1.807, 2.05) is 31.2 Å². The summed E-state index contributed by atoms with van der Waals surface area (Å²) in [5, 5.41) is 16.1. The van der Waals surface area contributed by atoms with E-state index in [1.54, 1.807) is 6.07 Å². The first-order valence-corrected chi connectivity index (χ1v) is 10.9. The fourth-order valence-corrected chi connectivity index (χ4v) is 5.08. The highest BCUT2D eigenvalue weighted by atomic mass is 16.5. The number of aromatic hydroxyl groups is 1. The molecule has 31 heavy (non-hydrogen) atoms. The van der Waals surface area contributed by atoms with Crippen LogP contribution in [0.1, 0.15) is 50.8 Å². The number of phenols is 1. The first-order valence-electron chi connectivity index (χ1n) is 10.9. The zero-order chi connectivity index (χ0) is 21.8. The van der Waals surface area contributed by atoms with E-state index in [1.165, 1.54) is 0 Å². The predicted molar refractivity (Wildman–Crippen MR) is 125 cm³/mol. The van der Waals surface area contributed by atoms with Crippen molar-refractivity contribution < 1.29 is 14.6 Å². The van der Waals surface area contributed by atoms with Crippen LogP contribution in [-0.2, 0) is 4.79 Å².